The fourth-order valence-electron chi connectivity index (χ4n) is 2.21. The zero-order valence-electron chi connectivity index (χ0n) is 10.7. The zero-order chi connectivity index (χ0) is 13.9. The predicted octanol–water partition coefficient (Wildman–Crippen LogP) is 2.96. The molecule has 0 saturated heterocycles. The lowest BCUT2D eigenvalue weighted by Gasteiger charge is -2.21. The summed E-state index contributed by atoms with van der Waals surface area (Å²) in [5.74, 6) is 0.618. The van der Waals surface area contributed by atoms with Gasteiger partial charge in [0.25, 0.3) is 0 Å². The number of hydrogen-bond donors (Lipinski definition) is 1. The quantitative estimate of drug-likeness (QED) is 0.882. The Labute approximate surface area is 121 Å². The highest BCUT2D eigenvalue weighted by Crippen LogP contribution is 2.32. The monoisotopic (exact) mass is 288 g/mol. The van der Waals surface area contributed by atoms with Gasteiger partial charge < -0.3 is 10.1 Å². The van der Waals surface area contributed by atoms with E-state index >= 15 is 0 Å². The largest absolute Gasteiger partial charge is 0.489 e. The first-order valence-electron chi connectivity index (χ1n) is 6.37. The molecule has 0 atom stereocenters. The summed E-state index contributed by atoms with van der Waals surface area (Å²) in [6, 6.07) is 7.30. The Morgan fingerprint density at radius 2 is 2.30 bits per heavy atom. The third kappa shape index (κ3) is 2.47. The molecule has 0 amide bonds. The van der Waals surface area contributed by atoms with E-state index in [0.717, 1.165) is 17.8 Å². The molecular formula is C15H13ClN2O2. The van der Waals surface area contributed by atoms with Crippen LogP contribution in [0.1, 0.15) is 15.9 Å². The van der Waals surface area contributed by atoms with E-state index in [1.165, 1.54) is 0 Å². The molecule has 1 N–H and O–H groups in total. The minimum absolute atomic E-state index is 0.0151. The van der Waals surface area contributed by atoms with Crippen LogP contribution in [0.2, 0.25) is 5.02 Å². The molecule has 0 bridgehead atoms. The number of hydrogen-bond acceptors (Lipinski definition) is 4. The number of Topliss-reactive ketones (excluding diaryl/α,β-unsaturated/α-hetero) is 1. The first-order valence-corrected chi connectivity index (χ1v) is 6.75. The van der Waals surface area contributed by atoms with Crippen molar-refractivity contribution in [3.63, 3.8) is 0 Å². The van der Waals surface area contributed by atoms with Crippen LogP contribution in [0.5, 0.6) is 5.75 Å². The zero-order valence-corrected chi connectivity index (χ0v) is 11.5. The van der Waals surface area contributed by atoms with Gasteiger partial charge in [0.1, 0.15) is 6.61 Å². The molecule has 20 heavy (non-hydrogen) atoms. The maximum Gasteiger partial charge on any atom is 0.171 e. The van der Waals surface area contributed by atoms with Gasteiger partial charge in [0, 0.05) is 25.4 Å². The Balaban J connectivity index is 1.90. The molecule has 0 fully saturated rings. The molecule has 1 aromatic heterocycles. The van der Waals surface area contributed by atoms with Crippen molar-refractivity contribution in [2.75, 3.05) is 18.5 Å². The number of anilines is 1. The minimum atomic E-state index is -0.0151. The lowest BCUT2D eigenvalue weighted by molar-refractivity contribution is 0.0989. The second-order valence-corrected chi connectivity index (χ2v) is 4.93. The number of aromatic nitrogens is 1. The van der Waals surface area contributed by atoms with Crippen molar-refractivity contribution < 1.29 is 9.53 Å². The molecule has 0 radical (unpaired) electrons. The number of rotatable bonds is 3. The molecule has 1 aliphatic rings. The van der Waals surface area contributed by atoms with Crippen molar-refractivity contribution >= 4 is 23.1 Å². The van der Waals surface area contributed by atoms with Gasteiger partial charge in [0.15, 0.2) is 11.5 Å². The van der Waals surface area contributed by atoms with Crippen molar-refractivity contribution in [2.45, 2.75) is 6.42 Å². The first-order chi connectivity index (χ1) is 9.75. The summed E-state index contributed by atoms with van der Waals surface area (Å²) in [6.45, 7) is 1.31. The highest BCUT2D eigenvalue weighted by atomic mass is 35.5. The van der Waals surface area contributed by atoms with Crippen LogP contribution in [0.4, 0.5) is 5.69 Å². The van der Waals surface area contributed by atoms with Gasteiger partial charge in [-0.3, -0.25) is 9.78 Å². The second kappa shape index (κ2) is 5.51. The lowest BCUT2D eigenvalue weighted by atomic mass is 10.0. The number of benzene rings is 1. The van der Waals surface area contributed by atoms with E-state index in [4.69, 9.17) is 16.3 Å². The van der Waals surface area contributed by atoms with Gasteiger partial charge in [-0.1, -0.05) is 17.7 Å². The smallest absolute Gasteiger partial charge is 0.171 e. The third-order valence-electron chi connectivity index (χ3n) is 3.19. The van der Waals surface area contributed by atoms with Crippen molar-refractivity contribution in [3.05, 3.63) is 52.8 Å². The second-order valence-electron chi connectivity index (χ2n) is 4.52. The van der Waals surface area contributed by atoms with Crippen molar-refractivity contribution in [1.82, 2.24) is 4.98 Å². The van der Waals surface area contributed by atoms with Crippen LogP contribution in [0.3, 0.4) is 0 Å². The molecule has 102 valence electrons. The number of nitrogens with zero attached hydrogens (tertiary/aromatic N) is 1. The van der Waals surface area contributed by atoms with E-state index in [1.54, 1.807) is 24.5 Å². The van der Waals surface area contributed by atoms with E-state index < -0.39 is 0 Å². The Hall–Kier alpha value is -2.07. The number of fused-ring (bicyclic) bond motifs is 1. The van der Waals surface area contributed by atoms with Gasteiger partial charge in [-0.2, -0.15) is 0 Å². The van der Waals surface area contributed by atoms with Crippen LogP contribution in [-0.2, 0) is 6.42 Å². The highest BCUT2D eigenvalue weighted by Gasteiger charge is 2.19. The summed E-state index contributed by atoms with van der Waals surface area (Å²) >= 11 is 6.04. The van der Waals surface area contributed by atoms with E-state index in [2.05, 4.69) is 10.3 Å². The minimum Gasteiger partial charge on any atom is -0.489 e. The van der Waals surface area contributed by atoms with Gasteiger partial charge >= 0.3 is 0 Å². The SMILES string of the molecule is O=C(Cc1ccncc1Cl)c1cccc2c1OCCN2. The number of ether oxygens (including phenoxy) is 1. The molecule has 1 aliphatic heterocycles. The molecule has 3 rings (SSSR count). The number of nitrogens with one attached hydrogen (secondary N) is 1. The van der Waals surface area contributed by atoms with Crippen LogP contribution in [-0.4, -0.2) is 23.9 Å². The number of pyridine rings is 1. The van der Waals surface area contributed by atoms with Crippen LogP contribution >= 0.6 is 11.6 Å². The average molecular weight is 289 g/mol. The van der Waals surface area contributed by atoms with Gasteiger partial charge in [0.05, 0.1) is 16.3 Å². The van der Waals surface area contributed by atoms with E-state index in [9.17, 15) is 4.79 Å². The number of para-hydroxylation sites is 1. The van der Waals surface area contributed by atoms with Crippen LogP contribution in [0, 0.1) is 0 Å². The van der Waals surface area contributed by atoms with Gasteiger partial charge in [0.2, 0.25) is 0 Å². The predicted molar refractivity (Wildman–Crippen MR) is 77.7 cm³/mol. The highest BCUT2D eigenvalue weighted by molar-refractivity contribution is 6.31. The fourth-order valence-corrected chi connectivity index (χ4v) is 2.39. The number of halogens is 1. The molecule has 4 nitrogen and oxygen atoms in total. The number of carbonyl (C=O) groups excluding carboxylic acids is 1. The van der Waals surface area contributed by atoms with Crippen molar-refractivity contribution in [3.8, 4) is 5.75 Å². The number of carbonyl (C=O) groups is 1. The number of ketones is 1. The molecule has 0 aliphatic carbocycles. The van der Waals surface area contributed by atoms with Crippen LogP contribution < -0.4 is 10.1 Å². The van der Waals surface area contributed by atoms with Gasteiger partial charge in [-0.05, 0) is 23.8 Å². The summed E-state index contributed by atoms with van der Waals surface area (Å²) in [5, 5.41) is 3.72. The molecule has 0 saturated carbocycles. The van der Waals surface area contributed by atoms with E-state index in [1.807, 2.05) is 12.1 Å². The normalized spacial score (nSPS) is 13.1. The Morgan fingerprint density at radius 1 is 1.40 bits per heavy atom. The molecule has 2 heterocycles. The summed E-state index contributed by atoms with van der Waals surface area (Å²) in [4.78, 5) is 16.4. The first kappa shape index (κ1) is 12.9. The van der Waals surface area contributed by atoms with Gasteiger partial charge in [-0.25, -0.2) is 0 Å². The van der Waals surface area contributed by atoms with E-state index in [-0.39, 0.29) is 12.2 Å². The third-order valence-corrected chi connectivity index (χ3v) is 3.53. The van der Waals surface area contributed by atoms with Crippen molar-refractivity contribution in [2.24, 2.45) is 0 Å². The Morgan fingerprint density at radius 3 is 3.15 bits per heavy atom. The van der Waals surface area contributed by atoms with Crippen LogP contribution in [0.25, 0.3) is 0 Å². The topological polar surface area (TPSA) is 51.2 Å². The standard InChI is InChI=1S/C15H13ClN2O2/c16-12-9-17-5-4-10(12)8-14(19)11-2-1-3-13-15(11)20-7-6-18-13/h1-5,9,18H,6-8H2. The molecule has 1 aromatic carbocycles. The maximum absolute atomic E-state index is 12.5. The Kier molecular flexibility index (Phi) is 3.56. The molecule has 2 aromatic rings. The van der Waals surface area contributed by atoms with Crippen molar-refractivity contribution in [1.29, 1.82) is 0 Å². The van der Waals surface area contributed by atoms with Crippen LogP contribution in [0.15, 0.2) is 36.7 Å². The summed E-state index contributed by atoms with van der Waals surface area (Å²) in [6.07, 6.45) is 3.41. The molecule has 0 unspecified atom stereocenters. The summed E-state index contributed by atoms with van der Waals surface area (Å²) < 4.78 is 5.61. The van der Waals surface area contributed by atoms with E-state index in [0.29, 0.717) is 22.9 Å². The average Bonchev–Trinajstić information content (AvgIpc) is 2.49. The fraction of sp³-hybridized carbons (Fsp3) is 0.200. The van der Waals surface area contributed by atoms with Gasteiger partial charge in [-0.15, -0.1) is 0 Å². The maximum atomic E-state index is 12.5. The molecule has 0 spiro atoms. The summed E-state index contributed by atoms with van der Waals surface area (Å²) in [7, 11) is 0. The molecule has 5 heteroatoms. The summed E-state index contributed by atoms with van der Waals surface area (Å²) in [5.41, 5.74) is 2.22. The lowest BCUT2D eigenvalue weighted by Crippen LogP contribution is -2.20. The Bertz CT molecular complexity index is 658. The molecular weight excluding hydrogens is 276 g/mol.